The summed E-state index contributed by atoms with van der Waals surface area (Å²) >= 11 is 0. The van der Waals surface area contributed by atoms with Gasteiger partial charge in [0.25, 0.3) is 0 Å². The summed E-state index contributed by atoms with van der Waals surface area (Å²) in [6.07, 6.45) is 0. The standard InChI is InChI=1S/4Na.2H3O4P.4H/c;;;;2*1-5(2,3)4;;;;/h;;;;2*(H3,1,2,3,4);;;;. The molecule has 0 spiro atoms. The maximum atomic E-state index is 8.88. The predicted octanol–water partition coefficient (Wildman–Crippen LogP) is -4.45. The molecule has 0 amide bonds. The van der Waals surface area contributed by atoms with E-state index in [0.29, 0.717) is 0 Å². The molecule has 72 valence electrons. The minimum absolute atomic E-state index is 0. The SMILES string of the molecule is O=P(O)(O)O.O=P(O)(O)O.[NaH].[NaH].[NaH].[NaH]. The molecule has 0 aromatic heterocycles. The van der Waals surface area contributed by atoms with Gasteiger partial charge in [-0.3, -0.25) is 0 Å². The van der Waals surface area contributed by atoms with Crippen molar-refractivity contribution in [1.29, 1.82) is 0 Å². The van der Waals surface area contributed by atoms with Crippen molar-refractivity contribution in [2.45, 2.75) is 0 Å². The molecule has 0 aliphatic heterocycles. The number of phosphoric acid groups is 2. The summed E-state index contributed by atoms with van der Waals surface area (Å²) in [6, 6.07) is 0. The molecule has 0 saturated carbocycles. The fourth-order valence-corrected chi connectivity index (χ4v) is 0. The van der Waals surface area contributed by atoms with Crippen molar-refractivity contribution in [2.24, 2.45) is 0 Å². The van der Waals surface area contributed by atoms with E-state index < -0.39 is 15.6 Å². The Balaban J connectivity index is -0.0000000178. The summed E-state index contributed by atoms with van der Waals surface area (Å²) in [6.45, 7) is 0. The molecule has 14 heavy (non-hydrogen) atoms. The van der Waals surface area contributed by atoms with E-state index in [-0.39, 0.29) is 118 Å². The van der Waals surface area contributed by atoms with Crippen LogP contribution >= 0.6 is 15.6 Å². The minimum atomic E-state index is -4.64. The van der Waals surface area contributed by atoms with Crippen molar-refractivity contribution in [3.63, 3.8) is 0 Å². The van der Waals surface area contributed by atoms with Gasteiger partial charge in [0.15, 0.2) is 0 Å². The van der Waals surface area contributed by atoms with Crippen LogP contribution < -0.4 is 0 Å². The van der Waals surface area contributed by atoms with Crippen LogP contribution in [0.25, 0.3) is 0 Å². The molecule has 0 fully saturated rings. The van der Waals surface area contributed by atoms with Crippen LogP contribution in [0.1, 0.15) is 0 Å². The fraction of sp³-hybridized carbons (Fsp3) is 0. The third-order valence-electron chi connectivity index (χ3n) is 0. The quantitative estimate of drug-likeness (QED) is 0.193. The average molecular weight is 292 g/mol. The average Bonchev–Trinajstić information content (AvgIpc) is 1.12. The second-order valence-corrected chi connectivity index (χ2v) is 3.08. The Morgan fingerprint density at radius 1 is 0.500 bits per heavy atom. The molecule has 0 saturated heterocycles. The summed E-state index contributed by atoms with van der Waals surface area (Å²) in [5, 5.41) is 0. The van der Waals surface area contributed by atoms with Crippen LogP contribution in [0.4, 0.5) is 0 Å². The van der Waals surface area contributed by atoms with Crippen LogP contribution in [0.2, 0.25) is 0 Å². The third-order valence-corrected chi connectivity index (χ3v) is 0. The first-order chi connectivity index (χ1) is 4.00. The van der Waals surface area contributed by atoms with Crippen LogP contribution in [0, 0.1) is 0 Å². The summed E-state index contributed by atoms with van der Waals surface area (Å²) in [5.74, 6) is 0. The van der Waals surface area contributed by atoms with Crippen LogP contribution in [-0.2, 0) is 9.13 Å². The van der Waals surface area contributed by atoms with E-state index in [9.17, 15) is 0 Å². The zero-order valence-electron chi connectivity index (χ0n) is 4.39. The summed E-state index contributed by atoms with van der Waals surface area (Å²) in [4.78, 5) is 43.1. The number of hydrogen-bond donors (Lipinski definition) is 6. The van der Waals surface area contributed by atoms with Crippen LogP contribution in [-0.4, -0.2) is 148 Å². The normalized spacial score (nSPS) is 8.43. The first kappa shape index (κ1) is 36.2. The second kappa shape index (κ2) is 17.2. The maximum absolute atomic E-state index is 8.88. The molecule has 0 radical (unpaired) electrons. The van der Waals surface area contributed by atoms with Crippen molar-refractivity contribution in [2.75, 3.05) is 0 Å². The first-order valence-electron chi connectivity index (χ1n) is 1.57. The third kappa shape index (κ3) is 211. The van der Waals surface area contributed by atoms with Gasteiger partial charge >= 0.3 is 134 Å². The van der Waals surface area contributed by atoms with Crippen LogP contribution in [0.5, 0.6) is 0 Å². The van der Waals surface area contributed by atoms with E-state index in [2.05, 4.69) is 0 Å². The van der Waals surface area contributed by atoms with Crippen LogP contribution in [0.3, 0.4) is 0 Å². The molecule has 0 unspecified atom stereocenters. The van der Waals surface area contributed by atoms with Gasteiger partial charge < -0.3 is 29.4 Å². The molecular formula is H10Na4O8P2. The van der Waals surface area contributed by atoms with Gasteiger partial charge in [0.1, 0.15) is 0 Å². The van der Waals surface area contributed by atoms with Crippen LogP contribution in [0.15, 0.2) is 0 Å². The summed E-state index contributed by atoms with van der Waals surface area (Å²) in [7, 11) is -9.28. The van der Waals surface area contributed by atoms with Crippen molar-refractivity contribution in [1.82, 2.24) is 0 Å². The zero-order chi connectivity index (χ0) is 9.00. The Morgan fingerprint density at radius 2 is 0.500 bits per heavy atom. The van der Waals surface area contributed by atoms with Gasteiger partial charge in [-0.15, -0.1) is 0 Å². The molecule has 0 atom stereocenters. The monoisotopic (exact) mass is 292 g/mol. The fourth-order valence-electron chi connectivity index (χ4n) is 0. The zero-order valence-corrected chi connectivity index (χ0v) is 6.18. The molecule has 6 N–H and O–H groups in total. The van der Waals surface area contributed by atoms with Gasteiger partial charge in [0.05, 0.1) is 0 Å². The van der Waals surface area contributed by atoms with E-state index in [1.807, 2.05) is 0 Å². The number of rotatable bonds is 0. The van der Waals surface area contributed by atoms with Gasteiger partial charge in [-0.05, 0) is 0 Å². The molecule has 8 nitrogen and oxygen atoms in total. The Labute approximate surface area is 169 Å². The Kier molecular flexibility index (Phi) is 44.5. The van der Waals surface area contributed by atoms with E-state index in [0.717, 1.165) is 0 Å². The molecule has 0 aromatic rings. The Bertz CT molecular complexity index is 132. The topological polar surface area (TPSA) is 156 Å². The van der Waals surface area contributed by atoms with Crippen molar-refractivity contribution in [3.05, 3.63) is 0 Å². The molecule has 0 bridgehead atoms. The van der Waals surface area contributed by atoms with Gasteiger partial charge in [-0.1, -0.05) is 0 Å². The Hall–Kier alpha value is 4.22. The van der Waals surface area contributed by atoms with Gasteiger partial charge in [0.2, 0.25) is 0 Å². The van der Waals surface area contributed by atoms with Gasteiger partial charge in [0, 0.05) is 0 Å². The first-order valence-corrected chi connectivity index (χ1v) is 4.70. The molecular weight excluding hydrogens is 282 g/mol. The molecule has 0 aliphatic carbocycles. The van der Waals surface area contributed by atoms with Crippen molar-refractivity contribution in [3.8, 4) is 0 Å². The van der Waals surface area contributed by atoms with Crippen molar-refractivity contribution >= 4 is 134 Å². The number of hydrogen-bond acceptors (Lipinski definition) is 2. The van der Waals surface area contributed by atoms with E-state index in [4.69, 9.17) is 38.5 Å². The van der Waals surface area contributed by atoms with Gasteiger partial charge in [-0.2, -0.15) is 0 Å². The van der Waals surface area contributed by atoms with Gasteiger partial charge in [-0.25, -0.2) is 9.13 Å². The molecule has 14 heteroatoms. The van der Waals surface area contributed by atoms with Crippen molar-refractivity contribution < 1.29 is 38.5 Å². The second-order valence-electron chi connectivity index (χ2n) is 1.03. The summed E-state index contributed by atoms with van der Waals surface area (Å²) < 4.78 is 17.8. The molecule has 0 rings (SSSR count). The van der Waals surface area contributed by atoms with E-state index in [1.165, 1.54) is 0 Å². The summed E-state index contributed by atoms with van der Waals surface area (Å²) in [5.41, 5.74) is 0. The molecule has 0 aliphatic rings. The molecule has 0 heterocycles. The van der Waals surface area contributed by atoms with E-state index in [1.54, 1.807) is 0 Å². The molecule has 0 aromatic carbocycles. The predicted molar refractivity (Wildman–Crippen MR) is 57.1 cm³/mol. The van der Waals surface area contributed by atoms with E-state index >= 15 is 0 Å². The Morgan fingerprint density at radius 3 is 0.500 bits per heavy atom.